The van der Waals surface area contributed by atoms with E-state index in [4.69, 9.17) is 4.42 Å². The van der Waals surface area contributed by atoms with Crippen LogP contribution in [0.4, 0.5) is 6.01 Å². The quantitative estimate of drug-likeness (QED) is 0.605. The smallest absolute Gasteiger partial charge is 0.322 e. The third kappa shape index (κ3) is 5.41. The van der Waals surface area contributed by atoms with Crippen LogP contribution in [0.3, 0.4) is 0 Å². The molecule has 0 atom stereocenters. The maximum absolute atomic E-state index is 12.3. The van der Waals surface area contributed by atoms with E-state index in [9.17, 15) is 13.2 Å². The summed E-state index contributed by atoms with van der Waals surface area (Å²) in [7, 11) is -3.59. The zero-order valence-electron chi connectivity index (χ0n) is 14.5. The molecule has 0 fully saturated rings. The summed E-state index contributed by atoms with van der Waals surface area (Å²) in [6.45, 7) is 1.99. The molecule has 140 valence electrons. The fraction of sp³-hybridized carbons (Fsp3) is 0.167. The van der Waals surface area contributed by atoms with Crippen LogP contribution in [0.1, 0.15) is 11.5 Å². The molecular weight excluding hydrogens is 386 g/mol. The monoisotopic (exact) mass is 403 g/mol. The van der Waals surface area contributed by atoms with Gasteiger partial charge in [-0.15, -0.1) is 16.9 Å². The molecular formula is C18H17N3O4S2. The Morgan fingerprint density at radius 1 is 1.07 bits per heavy atom. The van der Waals surface area contributed by atoms with Crippen LogP contribution >= 0.6 is 11.8 Å². The predicted octanol–water partition coefficient (Wildman–Crippen LogP) is 3.08. The van der Waals surface area contributed by atoms with Crippen molar-refractivity contribution in [2.45, 2.75) is 22.5 Å². The van der Waals surface area contributed by atoms with Crippen molar-refractivity contribution in [3.05, 3.63) is 66.1 Å². The average molecular weight is 403 g/mol. The number of aromatic nitrogens is 2. The number of nitrogens with one attached hydrogen (secondary N) is 1. The first kappa shape index (κ1) is 19.1. The fourth-order valence-electron chi connectivity index (χ4n) is 2.17. The molecule has 1 N–H and O–H groups in total. The van der Waals surface area contributed by atoms with Gasteiger partial charge in [-0.3, -0.25) is 10.1 Å². The molecule has 0 aliphatic rings. The van der Waals surface area contributed by atoms with Crippen LogP contribution < -0.4 is 5.32 Å². The number of nitrogens with zero attached hydrogens (tertiary/aromatic N) is 2. The molecule has 0 saturated heterocycles. The summed E-state index contributed by atoms with van der Waals surface area (Å²) in [5, 5.41) is 9.84. The number of hydrogen-bond donors (Lipinski definition) is 1. The van der Waals surface area contributed by atoms with Gasteiger partial charge in [-0.1, -0.05) is 41.0 Å². The number of hydrogen-bond acceptors (Lipinski definition) is 7. The second-order valence-corrected chi connectivity index (χ2v) is 8.76. The Balaban J connectivity index is 1.56. The highest BCUT2D eigenvalue weighted by Gasteiger charge is 2.20. The number of aryl methyl sites for hydroxylation is 1. The fourth-order valence-corrected chi connectivity index (χ4v) is 4.05. The average Bonchev–Trinajstić information content (AvgIpc) is 3.08. The summed E-state index contributed by atoms with van der Waals surface area (Å²) in [6.07, 6.45) is 0. The Hall–Kier alpha value is -2.65. The molecule has 3 rings (SSSR count). The zero-order valence-corrected chi connectivity index (χ0v) is 16.1. The van der Waals surface area contributed by atoms with Crippen LogP contribution in [0, 0.1) is 6.92 Å². The molecule has 0 aliphatic carbocycles. The van der Waals surface area contributed by atoms with E-state index >= 15 is 0 Å². The van der Waals surface area contributed by atoms with Crippen molar-refractivity contribution >= 4 is 33.5 Å². The number of benzene rings is 2. The zero-order chi connectivity index (χ0) is 19.3. The highest BCUT2D eigenvalue weighted by molar-refractivity contribution is 8.00. The van der Waals surface area contributed by atoms with Crippen LogP contribution in [0.5, 0.6) is 0 Å². The van der Waals surface area contributed by atoms with Gasteiger partial charge < -0.3 is 4.42 Å². The molecule has 1 aromatic heterocycles. The Morgan fingerprint density at radius 2 is 1.78 bits per heavy atom. The number of carbonyl (C=O) groups is 1. The Labute approximate surface area is 161 Å². The van der Waals surface area contributed by atoms with Crippen molar-refractivity contribution in [1.82, 2.24) is 10.2 Å². The van der Waals surface area contributed by atoms with Gasteiger partial charge in [-0.05, 0) is 31.2 Å². The van der Waals surface area contributed by atoms with Crippen molar-refractivity contribution in [2.24, 2.45) is 0 Å². The Morgan fingerprint density at radius 3 is 2.48 bits per heavy atom. The Kier molecular flexibility index (Phi) is 5.92. The van der Waals surface area contributed by atoms with Gasteiger partial charge in [-0.25, -0.2) is 8.42 Å². The van der Waals surface area contributed by atoms with Gasteiger partial charge >= 0.3 is 6.01 Å². The van der Waals surface area contributed by atoms with Crippen molar-refractivity contribution in [3.63, 3.8) is 0 Å². The first-order chi connectivity index (χ1) is 12.9. The highest BCUT2D eigenvalue weighted by atomic mass is 32.2. The van der Waals surface area contributed by atoms with Gasteiger partial charge in [0.05, 0.1) is 10.6 Å². The molecule has 2 aromatic carbocycles. The van der Waals surface area contributed by atoms with E-state index in [-0.39, 0.29) is 28.5 Å². The first-order valence-electron chi connectivity index (χ1n) is 8.02. The minimum absolute atomic E-state index is 0.0830. The molecule has 0 aliphatic heterocycles. The molecule has 0 unspecified atom stereocenters. The maximum atomic E-state index is 12.3. The first-order valence-corrected chi connectivity index (χ1v) is 10.7. The van der Waals surface area contributed by atoms with Crippen LogP contribution in [-0.4, -0.2) is 30.3 Å². The number of rotatable bonds is 7. The van der Waals surface area contributed by atoms with Gasteiger partial charge in [0.15, 0.2) is 9.84 Å². The summed E-state index contributed by atoms with van der Waals surface area (Å²) < 4.78 is 29.8. The van der Waals surface area contributed by atoms with Crippen molar-refractivity contribution < 1.29 is 17.6 Å². The van der Waals surface area contributed by atoms with Gasteiger partial charge in [0.2, 0.25) is 11.8 Å². The highest BCUT2D eigenvalue weighted by Crippen LogP contribution is 2.19. The van der Waals surface area contributed by atoms with Gasteiger partial charge in [0, 0.05) is 4.90 Å². The lowest BCUT2D eigenvalue weighted by Gasteiger charge is -2.02. The predicted molar refractivity (Wildman–Crippen MR) is 102 cm³/mol. The molecule has 1 heterocycles. The summed E-state index contributed by atoms with van der Waals surface area (Å²) in [6, 6.07) is 15.7. The van der Waals surface area contributed by atoms with Crippen LogP contribution in [0.15, 0.2) is 68.8 Å². The lowest BCUT2D eigenvalue weighted by Crippen LogP contribution is -2.14. The summed E-state index contributed by atoms with van der Waals surface area (Å²) in [5.74, 6) is -0.664. The summed E-state index contributed by atoms with van der Waals surface area (Å²) in [5.41, 5.74) is 1.15. The molecule has 0 bridgehead atoms. The molecule has 1 amide bonds. The molecule has 7 nitrogen and oxygen atoms in total. The normalized spacial score (nSPS) is 11.3. The number of amides is 1. The SMILES string of the molecule is Cc1ccc(SCC(=O)Nc2nnc(CS(=O)(=O)c3ccccc3)o2)cc1. The number of sulfone groups is 1. The van der Waals surface area contributed by atoms with E-state index in [0.717, 1.165) is 10.5 Å². The second kappa shape index (κ2) is 8.36. The third-order valence-corrected chi connectivity index (χ3v) is 6.15. The number of thioether (sulfide) groups is 1. The summed E-state index contributed by atoms with van der Waals surface area (Å²) in [4.78, 5) is 13.1. The maximum Gasteiger partial charge on any atom is 0.322 e. The lowest BCUT2D eigenvalue weighted by atomic mass is 10.2. The van der Waals surface area contributed by atoms with E-state index in [2.05, 4.69) is 15.5 Å². The Bertz CT molecular complexity index is 1020. The molecule has 0 spiro atoms. The van der Waals surface area contributed by atoms with Crippen molar-refractivity contribution in [1.29, 1.82) is 0 Å². The minimum atomic E-state index is -3.59. The molecule has 0 radical (unpaired) electrons. The van der Waals surface area contributed by atoms with E-state index < -0.39 is 15.6 Å². The topological polar surface area (TPSA) is 102 Å². The van der Waals surface area contributed by atoms with Gasteiger partial charge in [0.25, 0.3) is 0 Å². The molecule has 9 heteroatoms. The molecule has 3 aromatic rings. The second-order valence-electron chi connectivity index (χ2n) is 5.72. The third-order valence-electron chi connectivity index (χ3n) is 3.52. The van der Waals surface area contributed by atoms with E-state index in [1.165, 1.54) is 23.9 Å². The van der Waals surface area contributed by atoms with E-state index in [0.29, 0.717) is 0 Å². The van der Waals surface area contributed by atoms with Crippen molar-refractivity contribution in [3.8, 4) is 0 Å². The summed E-state index contributed by atoms with van der Waals surface area (Å²) >= 11 is 1.37. The van der Waals surface area contributed by atoms with E-state index in [1.54, 1.807) is 18.2 Å². The standard InChI is InChI=1S/C18H17N3O4S2/c1-13-7-9-14(10-8-13)26-11-16(22)19-18-21-20-17(25-18)12-27(23,24)15-5-3-2-4-6-15/h2-10H,11-12H2,1H3,(H,19,21,22). The lowest BCUT2D eigenvalue weighted by molar-refractivity contribution is -0.113. The number of anilines is 1. The van der Waals surface area contributed by atoms with Crippen molar-refractivity contribution in [2.75, 3.05) is 11.1 Å². The van der Waals surface area contributed by atoms with Gasteiger partial charge in [0.1, 0.15) is 5.75 Å². The minimum Gasteiger partial charge on any atom is -0.407 e. The van der Waals surface area contributed by atoms with Crippen LogP contribution in [0.25, 0.3) is 0 Å². The molecule has 0 saturated carbocycles. The van der Waals surface area contributed by atoms with E-state index in [1.807, 2.05) is 31.2 Å². The van der Waals surface area contributed by atoms with Crippen LogP contribution in [-0.2, 0) is 20.4 Å². The number of carbonyl (C=O) groups excluding carboxylic acids is 1. The van der Waals surface area contributed by atoms with Gasteiger partial charge in [-0.2, -0.15) is 0 Å². The molecule has 27 heavy (non-hydrogen) atoms. The largest absolute Gasteiger partial charge is 0.407 e. The van der Waals surface area contributed by atoms with Crippen LogP contribution in [0.2, 0.25) is 0 Å².